The highest BCUT2D eigenvalue weighted by Crippen LogP contribution is 2.34. The number of nitrogens with zero attached hydrogens (tertiary/aromatic N) is 3. The summed E-state index contributed by atoms with van der Waals surface area (Å²) >= 11 is 0. The standard InChI is InChI=1S/C16H24N4O2/c1-17-9-11-18(12-10-17)14-5-6-15(20(21)22)16(13-14)19-7-3-2-4-8-19/h5-6,13H,2-4,7-12H2,1H3/p+1. The van der Waals surface area contributed by atoms with E-state index in [1.54, 1.807) is 11.0 Å². The van der Waals surface area contributed by atoms with Gasteiger partial charge in [0.15, 0.2) is 0 Å². The maximum Gasteiger partial charge on any atom is 0.292 e. The molecule has 2 fully saturated rings. The first-order chi connectivity index (χ1) is 10.6. The van der Waals surface area contributed by atoms with Gasteiger partial charge in [-0.3, -0.25) is 10.1 Å². The van der Waals surface area contributed by atoms with Crippen LogP contribution in [0, 0.1) is 10.1 Å². The largest absolute Gasteiger partial charge is 0.366 e. The fourth-order valence-electron chi connectivity index (χ4n) is 3.40. The molecule has 1 N–H and O–H groups in total. The number of quaternary nitrogens is 1. The maximum atomic E-state index is 11.4. The molecule has 22 heavy (non-hydrogen) atoms. The molecular weight excluding hydrogens is 280 g/mol. The number of nitro groups is 1. The van der Waals surface area contributed by atoms with Crippen molar-refractivity contribution in [3.63, 3.8) is 0 Å². The molecule has 0 unspecified atom stereocenters. The second kappa shape index (κ2) is 6.52. The molecule has 2 aliphatic heterocycles. The summed E-state index contributed by atoms with van der Waals surface area (Å²) < 4.78 is 0. The molecule has 0 bridgehead atoms. The van der Waals surface area contributed by atoms with Crippen molar-refractivity contribution in [3.05, 3.63) is 28.3 Å². The Morgan fingerprint density at radius 1 is 1.05 bits per heavy atom. The van der Waals surface area contributed by atoms with Crippen LogP contribution in [-0.4, -0.2) is 51.2 Å². The van der Waals surface area contributed by atoms with E-state index >= 15 is 0 Å². The molecule has 0 aliphatic carbocycles. The monoisotopic (exact) mass is 305 g/mol. The molecule has 0 radical (unpaired) electrons. The van der Waals surface area contributed by atoms with Crippen LogP contribution >= 0.6 is 0 Å². The predicted octanol–water partition coefficient (Wildman–Crippen LogP) is 0.920. The number of anilines is 2. The third-order valence-electron chi connectivity index (χ3n) is 4.83. The highest BCUT2D eigenvalue weighted by molar-refractivity contribution is 5.70. The smallest absolute Gasteiger partial charge is 0.292 e. The minimum Gasteiger partial charge on any atom is -0.366 e. The SMILES string of the molecule is C[NH+]1CCN(c2ccc([N+](=O)[O-])c(N3CCCCC3)c2)CC1. The molecule has 6 heteroatoms. The Morgan fingerprint density at radius 2 is 1.73 bits per heavy atom. The van der Waals surface area contributed by atoms with Crippen molar-refractivity contribution in [3.8, 4) is 0 Å². The van der Waals surface area contributed by atoms with E-state index in [1.807, 2.05) is 12.1 Å². The van der Waals surface area contributed by atoms with E-state index in [4.69, 9.17) is 0 Å². The number of piperazine rings is 1. The van der Waals surface area contributed by atoms with Gasteiger partial charge >= 0.3 is 0 Å². The van der Waals surface area contributed by atoms with E-state index in [0.717, 1.165) is 63.5 Å². The van der Waals surface area contributed by atoms with E-state index in [0.29, 0.717) is 0 Å². The van der Waals surface area contributed by atoms with Gasteiger partial charge in [-0.05, 0) is 31.4 Å². The van der Waals surface area contributed by atoms with Crippen LogP contribution in [0.1, 0.15) is 19.3 Å². The zero-order chi connectivity index (χ0) is 15.5. The van der Waals surface area contributed by atoms with Crippen molar-refractivity contribution in [2.75, 3.05) is 56.1 Å². The number of nitrogens with one attached hydrogen (secondary N) is 1. The molecule has 6 nitrogen and oxygen atoms in total. The van der Waals surface area contributed by atoms with Gasteiger partial charge in [0.05, 0.1) is 38.2 Å². The summed E-state index contributed by atoms with van der Waals surface area (Å²) in [6, 6.07) is 5.63. The lowest BCUT2D eigenvalue weighted by atomic mass is 10.1. The molecule has 120 valence electrons. The lowest BCUT2D eigenvalue weighted by Crippen LogP contribution is -3.12. The van der Waals surface area contributed by atoms with E-state index in [1.165, 1.54) is 6.42 Å². The molecule has 0 aromatic heterocycles. The zero-order valence-corrected chi connectivity index (χ0v) is 13.3. The van der Waals surface area contributed by atoms with E-state index < -0.39 is 0 Å². The third kappa shape index (κ3) is 3.16. The molecule has 1 aromatic carbocycles. The zero-order valence-electron chi connectivity index (χ0n) is 13.3. The van der Waals surface area contributed by atoms with Gasteiger partial charge in [0, 0.05) is 24.8 Å². The number of hydrogen-bond acceptors (Lipinski definition) is 4. The van der Waals surface area contributed by atoms with Gasteiger partial charge in [-0.1, -0.05) is 0 Å². The molecule has 0 amide bonds. The number of hydrogen-bond donors (Lipinski definition) is 1. The van der Waals surface area contributed by atoms with Crippen LogP contribution in [0.2, 0.25) is 0 Å². The summed E-state index contributed by atoms with van der Waals surface area (Å²) in [6.45, 7) is 6.13. The Labute approximate surface area is 131 Å². The van der Waals surface area contributed by atoms with Crippen molar-refractivity contribution in [2.24, 2.45) is 0 Å². The summed E-state index contributed by atoms with van der Waals surface area (Å²) in [5.74, 6) is 0. The van der Waals surface area contributed by atoms with Gasteiger partial charge in [0.2, 0.25) is 0 Å². The number of rotatable bonds is 3. The highest BCUT2D eigenvalue weighted by Gasteiger charge is 2.24. The Balaban J connectivity index is 1.87. The second-order valence-electron chi connectivity index (χ2n) is 6.42. The van der Waals surface area contributed by atoms with Crippen LogP contribution in [0.3, 0.4) is 0 Å². The normalized spacial score (nSPS) is 20.2. The summed E-state index contributed by atoms with van der Waals surface area (Å²) in [7, 11) is 2.21. The van der Waals surface area contributed by atoms with Crippen molar-refractivity contribution in [2.45, 2.75) is 19.3 Å². The molecule has 2 heterocycles. The first-order valence-electron chi connectivity index (χ1n) is 8.25. The fraction of sp³-hybridized carbons (Fsp3) is 0.625. The Kier molecular flexibility index (Phi) is 4.47. The van der Waals surface area contributed by atoms with Crippen molar-refractivity contribution < 1.29 is 9.82 Å². The first kappa shape index (κ1) is 15.1. The van der Waals surface area contributed by atoms with Gasteiger partial charge in [-0.2, -0.15) is 0 Å². The molecule has 0 saturated carbocycles. The molecule has 2 aliphatic rings. The average Bonchev–Trinajstić information content (AvgIpc) is 2.56. The van der Waals surface area contributed by atoms with Gasteiger partial charge < -0.3 is 14.7 Å². The molecule has 0 spiro atoms. The lowest BCUT2D eigenvalue weighted by Gasteiger charge is -2.33. The molecule has 0 atom stereocenters. The van der Waals surface area contributed by atoms with Gasteiger partial charge in [0.1, 0.15) is 5.69 Å². The number of benzene rings is 1. The van der Waals surface area contributed by atoms with Crippen LogP contribution in [0.15, 0.2) is 18.2 Å². The van der Waals surface area contributed by atoms with Crippen LogP contribution in [0.5, 0.6) is 0 Å². The molecule has 3 rings (SSSR count). The minimum absolute atomic E-state index is 0.241. The number of piperidine rings is 1. The Morgan fingerprint density at radius 3 is 2.36 bits per heavy atom. The molecule has 1 aromatic rings. The van der Waals surface area contributed by atoms with E-state index in [2.05, 4.69) is 16.8 Å². The van der Waals surface area contributed by atoms with Crippen LogP contribution in [0.4, 0.5) is 17.1 Å². The van der Waals surface area contributed by atoms with E-state index in [-0.39, 0.29) is 10.6 Å². The maximum absolute atomic E-state index is 11.4. The average molecular weight is 305 g/mol. The van der Waals surface area contributed by atoms with Gasteiger partial charge in [-0.25, -0.2) is 0 Å². The van der Waals surface area contributed by atoms with Crippen LogP contribution in [0.25, 0.3) is 0 Å². The summed E-state index contributed by atoms with van der Waals surface area (Å²) in [5.41, 5.74) is 2.16. The number of nitro benzene ring substituents is 1. The lowest BCUT2D eigenvalue weighted by molar-refractivity contribution is -0.880. The quantitative estimate of drug-likeness (QED) is 0.666. The summed E-state index contributed by atoms with van der Waals surface area (Å²) in [4.78, 5) is 17.2. The summed E-state index contributed by atoms with van der Waals surface area (Å²) in [5, 5.41) is 11.4. The van der Waals surface area contributed by atoms with Crippen molar-refractivity contribution >= 4 is 17.1 Å². The van der Waals surface area contributed by atoms with Gasteiger partial charge in [-0.15, -0.1) is 0 Å². The predicted molar refractivity (Wildman–Crippen MR) is 88.0 cm³/mol. The Hall–Kier alpha value is -1.82. The van der Waals surface area contributed by atoms with E-state index in [9.17, 15) is 10.1 Å². The highest BCUT2D eigenvalue weighted by atomic mass is 16.6. The molecular formula is C16H25N4O2+. The van der Waals surface area contributed by atoms with Gasteiger partial charge in [0.25, 0.3) is 5.69 Å². The van der Waals surface area contributed by atoms with Crippen molar-refractivity contribution in [1.82, 2.24) is 0 Å². The molecule has 2 saturated heterocycles. The Bertz CT molecular complexity index is 535. The van der Waals surface area contributed by atoms with Crippen LogP contribution in [-0.2, 0) is 0 Å². The van der Waals surface area contributed by atoms with Crippen molar-refractivity contribution in [1.29, 1.82) is 0 Å². The third-order valence-corrected chi connectivity index (χ3v) is 4.83. The number of likely N-dealkylation sites (N-methyl/N-ethyl adjacent to an activating group) is 1. The topological polar surface area (TPSA) is 54.1 Å². The fourth-order valence-corrected chi connectivity index (χ4v) is 3.40. The summed E-state index contributed by atoms with van der Waals surface area (Å²) in [6.07, 6.45) is 3.48. The first-order valence-corrected chi connectivity index (χ1v) is 8.25. The second-order valence-corrected chi connectivity index (χ2v) is 6.42. The van der Waals surface area contributed by atoms with Crippen LogP contribution < -0.4 is 14.7 Å². The minimum atomic E-state index is -0.248.